The normalized spacial score (nSPS) is 20.0. The van der Waals surface area contributed by atoms with Gasteiger partial charge in [-0.15, -0.1) is 0 Å². The van der Waals surface area contributed by atoms with Crippen molar-refractivity contribution in [3.8, 4) is 11.5 Å². The molecule has 168 valence electrons. The molecule has 4 amide bonds. The molecule has 0 saturated carbocycles. The molecule has 4 rings (SSSR count). The van der Waals surface area contributed by atoms with E-state index in [1.54, 1.807) is 25.1 Å². The van der Waals surface area contributed by atoms with Gasteiger partial charge in [-0.05, 0) is 48.7 Å². The minimum atomic E-state index is -1.30. The molecule has 1 fully saturated rings. The van der Waals surface area contributed by atoms with Crippen LogP contribution in [0.4, 0.5) is 10.5 Å². The highest BCUT2D eigenvalue weighted by molar-refractivity contribution is 6.10. The van der Waals surface area contributed by atoms with Crippen LogP contribution < -0.4 is 20.1 Å². The van der Waals surface area contributed by atoms with E-state index in [9.17, 15) is 14.4 Å². The van der Waals surface area contributed by atoms with Crippen LogP contribution >= 0.6 is 0 Å². The van der Waals surface area contributed by atoms with Gasteiger partial charge in [0.15, 0.2) is 11.5 Å². The van der Waals surface area contributed by atoms with Crippen LogP contribution in [-0.4, -0.2) is 42.5 Å². The number of urea groups is 1. The molecule has 0 radical (unpaired) electrons. The van der Waals surface area contributed by atoms with Gasteiger partial charge < -0.3 is 20.1 Å². The zero-order valence-corrected chi connectivity index (χ0v) is 18.3. The number of imide groups is 1. The van der Waals surface area contributed by atoms with Crippen LogP contribution in [0.5, 0.6) is 11.5 Å². The lowest BCUT2D eigenvalue weighted by molar-refractivity contribution is -0.133. The highest BCUT2D eigenvalue weighted by Gasteiger charge is 2.49. The summed E-state index contributed by atoms with van der Waals surface area (Å²) < 4.78 is 11.3. The third-order valence-electron chi connectivity index (χ3n) is 5.68. The van der Waals surface area contributed by atoms with Gasteiger partial charge in [0.1, 0.15) is 12.1 Å². The first-order chi connectivity index (χ1) is 15.4. The lowest BCUT2D eigenvalue weighted by Gasteiger charge is -2.23. The molecule has 8 heteroatoms. The molecule has 2 aromatic rings. The second kappa shape index (κ2) is 8.90. The fourth-order valence-corrected chi connectivity index (χ4v) is 3.90. The van der Waals surface area contributed by atoms with Gasteiger partial charge in [-0.2, -0.15) is 0 Å². The number of nitrogens with one attached hydrogen (secondary N) is 2. The first kappa shape index (κ1) is 21.7. The number of benzene rings is 2. The lowest BCUT2D eigenvalue weighted by Crippen LogP contribution is -2.42. The third-order valence-corrected chi connectivity index (χ3v) is 5.68. The quantitative estimate of drug-likeness (QED) is 0.677. The van der Waals surface area contributed by atoms with E-state index in [0.717, 1.165) is 24.2 Å². The first-order valence-corrected chi connectivity index (χ1v) is 10.8. The summed E-state index contributed by atoms with van der Waals surface area (Å²) in [7, 11) is 0. The predicted octanol–water partition coefficient (Wildman–Crippen LogP) is 3.21. The zero-order valence-electron chi connectivity index (χ0n) is 18.3. The smallest absolute Gasteiger partial charge is 0.325 e. The maximum atomic E-state index is 13.2. The molecule has 2 aliphatic rings. The highest BCUT2D eigenvalue weighted by Crippen LogP contribution is 2.36. The number of carbonyl (C=O) groups excluding carboxylic acids is 3. The Labute approximate surface area is 186 Å². The van der Waals surface area contributed by atoms with Crippen molar-refractivity contribution in [2.24, 2.45) is 0 Å². The van der Waals surface area contributed by atoms with Crippen LogP contribution in [-0.2, 0) is 21.5 Å². The average Bonchev–Trinajstić information content (AvgIpc) is 2.94. The lowest BCUT2D eigenvalue weighted by atomic mass is 9.91. The minimum Gasteiger partial charge on any atom is -0.490 e. The standard InChI is InChI=1S/C24H27N3O5/c1-3-5-16-6-9-18(10-7-16)25-21(28)15-27-22(29)24(2,26-23(27)30)17-8-11-19-20(14-17)32-13-4-12-31-19/h6-11,14H,3-5,12-13,15H2,1-2H3,(H,25,28)(H,26,30). The van der Waals surface area contributed by atoms with Crippen molar-refractivity contribution in [2.75, 3.05) is 25.1 Å². The van der Waals surface area contributed by atoms with Crippen LogP contribution in [0.25, 0.3) is 0 Å². The van der Waals surface area contributed by atoms with Gasteiger partial charge in [-0.3, -0.25) is 14.5 Å². The van der Waals surface area contributed by atoms with Crippen molar-refractivity contribution in [3.63, 3.8) is 0 Å². The molecule has 0 spiro atoms. The van der Waals surface area contributed by atoms with Gasteiger partial charge in [0.2, 0.25) is 5.91 Å². The summed E-state index contributed by atoms with van der Waals surface area (Å²) in [5.74, 6) is 0.198. The first-order valence-electron chi connectivity index (χ1n) is 10.8. The SMILES string of the molecule is CCCc1ccc(NC(=O)CN2C(=O)NC(C)(c3ccc4c(c3)OCCCO4)C2=O)cc1. The van der Waals surface area contributed by atoms with Gasteiger partial charge in [0, 0.05) is 12.1 Å². The fourth-order valence-electron chi connectivity index (χ4n) is 3.90. The molecule has 2 aromatic carbocycles. The molecular formula is C24H27N3O5. The Morgan fingerprint density at radius 2 is 1.81 bits per heavy atom. The van der Waals surface area contributed by atoms with E-state index in [-0.39, 0.29) is 6.54 Å². The Hall–Kier alpha value is -3.55. The molecule has 1 unspecified atom stereocenters. The summed E-state index contributed by atoms with van der Waals surface area (Å²) in [6, 6.07) is 12.1. The average molecular weight is 437 g/mol. The Morgan fingerprint density at radius 1 is 1.09 bits per heavy atom. The van der Waals surface area contributed by atoms with Crippen molar-refractivity contribution in [1.82, 2.24) is 10.2 Å². The predicted molar refractivity (Wildman–Crippen MR) is 119 cm³/mol. The van der Waals surface area contributed by atoms with Gasteiger partial charge >= 0.3 is 6.03 Å². The fraction of sp³-hybridized carbons (Fsp3) is 0.375. The van der Waals surface area contributed by atoms with Gasteiger partial charge in [-0.1, -0.05) is 31.5 Å². The van der Waals surface area contributed by atoms with E-state index >= 15 is 0 Å². The summed E-state index contributed by atoms with van der Waals surface area (Å²) >= 11 is 0. The molecular weight excluding hydrogens is 410 g/mol. The number of nitrogens with zero attached hydrogens (tertiary/aromatic N) is 1. The van der Waals surface area contributed by atoms with E-state index in [1.165, 1.54) is 5.56 Å². The number of aryl methyl sites for hydroxylation is 1. The summed E-state index contributed by atoms with van der Waals surface area (Å²) in [5.41, 5.74) is 1.07. The van der Waals surface area contributed by atoms with E-state index in [2.05, 4.69) is 17.6 Å². The van der Waals surface area contributed by atoms with E-state index in [1.807, 2.05) is 24.3 Å². The Morgan fingerprint density at radius 3 is 2.53 bits per heavy atom. The number of amides is 4. The largest absolute Gasteiger partial charge is 0.490 e. The number of hydrogen-bond acceptors (Lipinski definition) is 5. The van der Waals surface area contributed by atoms with Crippen LogP contribution in [0, 0.1) is 0 Å². The Kier molecular flexibility index (Phi) is 6.03. The highest BCUT2D eigenvalue weighted by atomic mass is 16.5. The second-order valence-corrected chi connectivity index (χ2v) is 8.15. The van der Waals surface area contributed by atoms with E-state index in [0.29, 0.717) is 36.0 Å². The van der Waals surface area contributed by atoms with Crippen molar-refractivity contribution < 1.29 is 23.9 Å². The minimum absolute atomic E-state index is 0.373. The van der Waals surface area contributed by atoms with E-state index < -0.39 is 23.4 Å². The third kappa shape index (κ3) is 4.26. The molecule has 1 saturated heterocycles. The molecule has 0 aliphatic carbocycles. The molecule has 32 heavy (non-hydrogen) atoms. The van der Waals surface area contributed by atoms with Crippen LogP contribution in [0.15, 0.2) is 42.5 Å². The molecule has 1 atom stereocenters. The summed E-state index contributed by atoms with van der Waals surface area (Å²) in [4.78, 5) is 39.2. The summed E-state index contributed by atoms with van der Waals surface area (Å²) in [6.45, 7) is 4.43. The van der Waals surface area contributed by atoms with Gasteiger partial charge in [0.05, 0.1) is 13.2 Å². The van der Waals surface area contributed by atoms with Crippen molar-refractivity contribution in [3.05, 3.63) is 53.6 Å². The molecule has 2 heterocycles. The number of fused-ring (bicyclic) bond motifs is 1. The van der Waals surface area contributed by atoms with Crippen LogP contribution in [0.3, 0.4) is 0 Å². The summed E-state index contributed by atoms with van der Waals surface area (Å²) in [6.07, 6.45) is 2.77. The zero-order chi connectivity index (χ0) is 22.7. The second-order valence-electron chi connectivity index (χ2n) is 8.15. The maximum absolute atomic E-state index is 13.2. The Balaban J connectivity index is 1.46. The number of carbonyl (C=O) groups is 3. The molecule has 0 aromatic heterocycles. The molecule has 2 aliphatic heterocycles. The number of rotatable bonds is 6. The monoisotopic (exact) mass is 437 g/mol. The molecule has 2 N–H and O–H groups in total. The van der Waals surface area contributed by atoms with Gasteiger partial charge in [0.25, 0.3) is 5.91 Å². The van der Waals surface area contributed by atoms with Crippen molar-refractivity contribution >= 4 is 23.5 Å². The molecule has 0 bridgehead atoms. The van der Waals surface area contributed by atoms with Gasteiger partial charge in [-0.25, -0.2) is 4.79 Å². The van der Waals surface area contributed by atoms with Crippen LogP contribution in [0.2, 0.25) is 0 Å². The summed E-state index contributed by atoms with van der Waals surface area (Å²) in [5, 5.41) is 5.47. The maximum Gasteiger partial charge on any atom is 0.325 e. The number of hydrogen-bond donors (Lipinski definition) is 2. The Bertz CT molecular complexity index is 1040. The van der Waals surface area contributed by atoms with Crippen molar-refractivity contribution in [2.45, 2.75) is 38.6 Å². The number of anilines is 1. The van der Waals surface area contributed by atoms with Crippen LogP contribution in [0.1, 0.15) is 37.8 Å². The topological polar surface area (TPSA) is 97.0 Å². The number of ether oxygens (including phenoxy) is 2. The molecule has 8 nitrogen and oxygen atoms in total. The van der Waals surface area contributed by atoms with E-state index in [4.69, 9.17) is 9.47 Å². The van der Waals surface area contributed by atoms with Crippen molar-refractivity contribution in [1.29, 1.82) is 0 Å².